The van der Waals surface area contributed by atoms with Crippen molar-refractivity contribution in [1.82, 2.24) is 15.3 Å². The van der Waals surface area contributed by atoms with Gasteiger partial charge in [0.1, 0.15) is 17.4 Å². The first kappa shape index (κ1) is 15.2. The Kier molecular flexibility index (Phi) is 3.38. The molecule has 5 nitrogen and oxygen atoms in total. The van der Waals surface area contributed by atoms with E-state index in [2.05, 4.69) is 20.2 Å². The normalized spacial score (nSPS) is 18.8. The molecule has 1 fully saturated rings. The fraction of sp³-hybridized carbons (Fsp3) is 0.375. The van der Waals surface area contributed by atoms with E-state index in [4.69, 9.17) is 4.42 Å². The van der Waals surface area contributed by atoms with Crippen molar-refractivity contribution in [2.45, 2.75) is 18.6 Å². The Bertz CT molecular complexity index is 905. The summed E-state index contributed by atoms with van der Waals surface area (Å²) in [5.74, 6) is 0.627. The van der Waals surface area contributed by atoms with Crippen molar-refractivity contribution < 1.29 is 17.6 Å². The summed E-state index contributed by atoms with van der Waals surface area (Å²) in [7, 11) is 1.91. The van der Waals surface area contributed by atoms with Crippen molar-refractivity contribution in [3.05, 3.63) is 30.1 Å². The molecule has 3 heterocycles. The first-order chi connectivity index (χ1) is 11.5. The van der Waals surface area contributed by atoms with Gasteiger partial charge in [-0.15, -0.1) is 0 Å². The van der Waals surface area contributed by atoms with Gasteiger partial charge in [-0.25, -0.2) is 9.97 Å². The number of hydrogen-bond acceptors (Lipinski definition) is 5. The number of rotatable bonds is 2. The van der Waals surface area contributed by atoms with E-state index in [0.29, 0.717) is 33.9 Å². The topological polar surface area (TPSA) is 54.2 Å². The van der Waals surface area contributed by atoms with Crippen molar-refractivity contribution in [1.29, 1.82) is 0 Å². The molecule has 3 aromatic rings. The molecule has 24 heavy (non-hydrogen) atoms. The zero-order valence-electron chi connectivity index (χ0n) is 12.9. The third-order valence-electron chi connectivity index (χ3n) is 4.46. The highest BCUT2D eigenvalue weighted by Crippen LogP contribution is 2.37. The minimum atomic E-state index is -4.40. The summed E-state index contributed by atoms with van der Waals surface area (Å²) in [5, 5.41) is 3.58. The number of anilines is 1. The fourth-order valence-electron chi connectivity index (χ4n) is 3.15. The lowest BCUT2D eigenvalue weighted by molar-refractivity contribution is -0.137. The van der Waals surface area contributed by atoms with E-state index in [1.165, 1.54) is 12.4 Å². The third-order valence-corrected chi connectivity index (χ3v) is 4.46. The van der Waals surface area contributed by atoms with Crippen LogP contribution in [0.25, 0.3) is 22.1 Å². The van der Waals surface area contributed by atoms with Gasteiger partial charge in [-0.1, -0.05) is 0 Å². The summed E-state index contributed by atoms with van der Waals surface area (Å²) >= 11 is 0. The number of aromatic nitrogens is 2. The monoisotopic (exact) mass is 336 g/mol. The molecule has 0 radical (unpaired) electrons. The van der Waals surface area contributed by atoms with Crippen LogP contribution in [0.3, 0.4) is 0 Å². The maximum absolute atomic E-state index is 13.0. The molecule has 1 N–H and O–H groups in total. The van der Waals surface area contributed by atoms with Crippen LogP contribution in [0.1, 0.15) is 12.0 Å². The maximum Gasteiger partial charge on any atom is 0.416 e. The molecule has 1 aromatic carbocycles. The van der Waals surface area contributed by atoms with Gasteiger partial charge in [0.05, 0.1) is 5.56 Å². The molecule has 1 atom stereocenters. The summed E-state index contributed by atoms with van der Waals surface area (Å²) in [6.45, 7) is 1.58. The molecule has 0 spiro atoms. The van der Waals surface area contributed by atoms with Gasteiger partial charge >= 0.3 is 6.18 Å². The molecule has 1 saturated heterocycles. The highest BCUT2D eigenvalue weighted by molar-refractivity contribution is 6.05. The number of furan rings is 1. The molecule has 8 heteroatoms. The second kappa shape index (κ2) is 5.34. The van der Waals surface area contributed by atoms with E-state index in [9.17, 15) is 13.2 Å². The van der Waals surface area contributed by atoms with Gasteiger partial charge in [0.25, 0.3) is 0 Å². The zero-order valence-corrected chi connectivity index (χ0v) is 12.9. The standard InChI is InChI=1S/C16H15F3N4O/c1-20-10-4-5-23(7-10)15-14-13(21-8-22-15)11-6-9(16(17,18)19)2-3-12(11)24-14/h2-3,6,8,10,20H,4-5,7H2,1H3/t10-/m1/s1. The fourth-order valence-corrected chi connectivity index (χ4v) is 3.15. The average Bonchev–Trinajstić information content (AvgIpc) is 3.17. The van der Waals surface area contributed by atoms with Crippen molar-refractivity contribution in [3.8, 4) is 0 Å². The molecule has 1 aliphatic rings. The molecule has 126 valence electrons. The highest BCUT2D eigenvalue weighted by atomic mass is 19.4. The van der Waals surface area contributed by atoms with Crippen molar-refractivity contribution in [2.24, 2.45) is 0 Å². The molecular formula is C16H15F3N4O. The minimum Gasteiger partial charge on any atom is -0.450 e. The lowest BCUT2D eigenvalue weighted by Gasteiger charge is -2.16. The van der Waals surface area contributed by atoms with E-state index in [1.54, 1.807) is 0 Å². The SMILES string of the molecule is CN[C@@H]1CCN(c2ncnc3c2oc2ccc(C(F)(F)F)cc23)C1. The zero-order chi connectivity index (χ0) is 16.9. The van der Waals surface area contributed by atoms with Gasteiger partial charge in [0.15, 0.2) is 11.4 Å². The van der Waals surface area contributed by atoms with Crippen molar-refractivity contribution in [2.75, 3.05) is 25.0 Å². The number of halogens is 3. The van der Waals surface area contributed by atoms with Crippen molar-refractivity contribution in [3.63, 3.8) is 0 Å². The number of alkyl halides is 3. The van der Waals surface area contributed by atoms with Crippen molar-refractivity contribution >= 4 is 27.9 Å². The number of likely N-dealkylation sites (N-methyl/N-ethyl adjacent to an activating group) is 1. The third kappa shape index (κ3) is 2.37. The van der Waals surface area contributed by atoms with Gasteiger partial charge in [-0.05, 0) is 31.7 Å². The predicted molar refractivity (Wildman–Crippen MR) is 84.0 cm³/mol. The summed E-state index contributed by atoms with van der Waals surface area (Å²) in [5.41, 5.74) is 0.510. The smallest absolute Gasteiger partial charge is 0.416 e. The van der Waals surface area contributed by atoms with E-state index >= 15 is 0 Å². The molecule has 4 rings (SSSR count). The Hall–Kier alpha value is -2.35. The van der Waals surface area contributed by atoms with Crippen LogP contribution >= 0.6 is 0 Å². The Morgan fingerprint density at radius 2 is 2.12 bits per heavy atom. The van der Waals surface area contributed by atoms with E-state index in [0.717, 1.165) is 31.6 Å². The van der Waals surface area contributed by atoms with Crippen LogP contribution < -0.4 is 10.2 Å². The summed E-state index contributed by atoms with van der Waals surface area (Å²) in [6, 6.07) is 3.80. The van der Waals surface area contributed by atoms with Crippen LogP contribution in [0.5, 0.6) is 0 Å². The van der Waals surface area contributed by atoms with Crippen LogP contribution in [0.15, 0.2) is 28.9 Å². The van der Waals surface area contributed by atoms with Crippen LogP contribution in [-0.2, 0) is 6.18 Å². The molecule has 2 aromatic heterocycles. The Morgan fingerprint density at radius 1 is 1.29 bits per heavy atom. The number of hydrogen-bond donors (Lipinski definition) is 1. The molecule has 0 bridgehead atoms. The Balaban J connectivity index is 1.86. The molecule has 0 unspecified atom stereocenters. The second-order valence-corrected chi connectivity index (χ2v) is 5.91. The Morgan fingerprint density at radius 3 is 2.83 bits per heavy atom. The van der Waals surface area contributed by atoms with Crippen LogP contribution in [0.2, 0.25) is 0 Å². The first-order valence-electron chi connectivity index (χ1n) is 7.64. The molecule has 0 amide bonds. The van der Waals surface area contributed by atoms with Crippen LogP contribution in [0.4, 0.5) is 19.0 Å². The summed E-state index contributed by atoms with van der Waals surface area (Å²) < 4.78 is 44.6. The first-order valence-corrected chi connectivity index (χ1v) is 7.64. The quantitative estimate of drug-likeness (QED) is 0.779. The lowest BCUT2D eigenvalue weighted by Crippen LogP contribution is -2.29. The maximum atomic E-state index is 13.0. The number of benzene rings is 1. The van der Waals surface area contributed by atoms with E-state index < -0.39 is 11.7 Å². The molecule has 0 saturated carbocycles. The molecular weight excluding hydrogens is 321 g/mol. The average molecular weight is 336 g/mol. The summed E-state index contributed by atoms with van der Waals surface area (Å²) in [6.07, 6.45) is -2.05. The molecule has 1 aliphatic heterocycles. The van der Waals surface area contributed by atoms with Crippen LogP contribution in [0, 0.1) is 0 Å². The minimum absolute atomic E-state index is 0.354. The van der Waals surface area contributed by atoms with Gasteiger partial charge in [-0.3, -0.25) is 0 Å². The Labute approximate surface area is 135 Å². The summed E-state index contributed by atoms with van der Waals surface area (Å²) in [4.78, 5) is 10.5. The number of nitrogens with zero attached hydrogens (tertiary/aromatic N) is 3. The van der Waals surface area contributed by atoms with Gasteiger partial charge in [-0.2, -0.15) is 13.2 Å². The van der Waals surface area contributed by atoms with Gasteiger partial charge in [0.2, 0.25) is 0 Å². The van der Waals surface area contributed by atoms with E-state index in [1.807, 2.05) is 7.05 Å². The molecule has 0 aliphatic carbocycles. The van der Waals surface area contributed by atoms with Gasteiger partial charge in [0, 0.05) is 24.5 Å². The highest BCUT2D eigenvalue weighted by Gasteiger charge is 2.32. The lowest BCUT2D eigenvalue weighted by atomic mass is 10.1. The number of fused-ring (bicyclic) bond motifs is 3. The predicted octanol–water partition coefficient (Wildman–Crippen LogP) is 3.19. The van der Waals surface area contributed by atoms with Crippen LogP contribution in [-0.4, -0.2) is 36.1 Å². The second-order valence-electron chi connectivity index (χ2n) is 5.91. The number of nitrogens with one attached hydrogen (secondary N) is 1. The van der Waals surface area contributed by atoms with E-state index in [-0.39, 0.29) is 0 Å². The van der Waals surface area contributed by atoms with Gasteiger partial charge < -0.3 is 14.6 Å². The largest absolute Gasteiger partial charge is 0.450 e.